The van der Waals surface area contributed by atoms with Gasteiger partial charge in [0.2, 0.25) is 0 Å². The van der Waals surface area contributed by atoms with Crippen molar-refractivity contribution in [2.45, 2.75) is 37.0 Å². The summed E-state index contributed by atoms with van der Waals surface area (Å²) in [4.78, 5) is 4.54. The number of benzene rings is 1. The average molecular weight is 318 g/mol. The van der Waals surface area contributed by atoms with Crippen molar-refractivity contribution in [2.75, 3.05) is 0 Å². The van der Waals surface area contributed by atoms with Gasteiger partial charge in [0, 0.05) is 0 Å². The molecule has 2 rings (SSSR count). The summed E-state index contributed by atoms with van der Waals surface area (Å²) in [6.45, 7) is 3.75. The van der Waals surface area contributed by atoms with E-state index in [0.717, 1.165) is 5.56 Å². The van der Waals surface area contributed by atoms with E-state index >= 15 is 0 Å². The molecule has 0 aliphatic rings. The zero-order valence-electron chi connectivity index (χ0n) is 16.3. The monoisotopic (exact) mass is 319 g/mol. The molecule has 1 aromatic heterocycles. The first-order chi connectivity index (χ1) is 10.4. The van der Waals surface area contributed by atoms with E-state index in [1.807, 2.05) is 26.1 Å². The van der Waals surface area contributed by atoms with Gasteiger partial charge in [0.05, 0.1) is 0 Å². The van der Waals surface area contributed by atoms with Crippen LogP contribution in [0.15, 0.2) is 42.5 Å². The SMILES string of the molecule is [2H]c1cc(-c2cc(C([2H])(C)C)[c]([Ge]([CH3])([CH3])[CH3])cn2)cc([2H])c1[2H]. The van der Waals surface area contributed by atoms with Crippen LogP contribution in [0.1, 0.15) is 30.8 Å². The van der Waals surface area contributed by atoms with Gasteiger partial charge in [-0.3, -0.25) is 0 Å². The third-order valence-corrected chi connectivity index (χ3v) is 7.37. The summed E-state index contributed by atoms with van der Waals surface area (Å²) in [6, 6.07) is 5.05. The Kier molecular flexibility index (Phi) is 2.82. The molecule has 1 heterocycles. The molecule has 0 aliphatic carbocycles. The van der Waals surface area contributed by atoms with Crippen LogP contribution in [0.4, 0.5) is 0 Å². The Hall–Kier alpha value is -1.09. The fourth-order valence-corrected chi connectivity index (χ4v) is 5.40. The molecule has 2 heteroatoms. The fourth-order valence-electron chi connectivity index (χ4n) is 2.08. The van der Waals surface area contributed by atoms with E-state index in [0.29, 0.717) is 11.3 Å². The summed E-state index contributed by atoms with van der Waals surface area (Å²) in [5.41, 5.74) is 2.30. The normalized spacial score (nSPS) is 15.4. The van der Waals surface area contributed by atoms with Gasteiger partial charge in [-0.15, -0.1) is 0 Å². The molecule has 2 aromatic rings. The first-order valence-corrected chi connectivity index (χ1v) is 13.8. The number of hydrogen-bond donors (Lipinski definition) is 0. The summed E-state index contributed by atoms with van der Waals surface area (Å²) >= 11 is -2.16. The average Bonchev–Trinajstić information content (AvgIpc) is 2.41. The van der Waals surface area contributed by atoms with Crippen molar-refractivity contribution in [3.8, 4) is 11.3 Å². The van der Waals surface area contributed by atoms with Crippen molar-refractivity contribution >= 4 is 17.7 Å². The standard InChI is InChI=1S/C17H23GeN/c1-13(2)15-11-17(14-9-7-6-8-10-14)19-12-16(15)18(3,4)5/h6-13H,1-5H3/i6D,7D,8D,13D. The molecule has 0 atom stereocenters. The van der Waals surface area contributed by atoms with Gasteiger partial charge in [-0.1, -0.05) is 0 Å². The second-order valence-corrected chi connectivity index (χ2v) is 16.6. The van der Waals surface area contributed by atoms with Gasteiger partial charge in [-0.2, -0.15) is 0 Å². The van der Waals surface area contributed by atoms with Gasteiger partial charge in [0.1, 0.15) is 0 Å². The second-order valence-electron chi connectivity index (χ2n) is 6.02. The minimum atomic E-state index is -2.16. The van der Waals surface area contributed by atoms with Crippen LogP contribution in [0.5, 0.6) is 0 Å². The van der Waals surface area contributed by atoms with Gasteiger partial charge in [-0.05, 0) is 0 Å². The second kappa shape index (κ2) is 5.50. The topological polar surface area (TPSA) is 12.9 Å². The Balaban J connectivity index is 2.67. The van der Waals surface area contributed by atoms with Crippen LogP contribution in [0.25, 0.3) is 11.3 Å². The molecule has 0 N–H and O–H groups in total. The molecule has 0 unspecified atom stereocenters. The zero-order valence-corrected chi connectivity index (χ0v) is 14.4. The van der Waals surface area contributed by atoms with Crippen LogP contribution in [0, 0.1) is 0 Å². The summed E-state index contributed by atoms with van der Waals surface area (Å²) < 4.78 is 32.9. The number of hydrogen-bond acceptors (Lipinski definition) is 1. The molecule has 1 nitrogen and oxygen atoms in total. The van der Waals surface area contributed by atoms with E-state index in [4.69, 9.17) is 5.48 Å². The maximum absolute atomic E-state index is 8.47. The maximum atomic E-state index is 8.47. The van der Waals surface area contributed by atoms with Crippen LogP contribution in [-0.4, -0.2) is 18.3 Å². The van der Waals surface area contributed by atoms with E-state index in [1.54, 1.807) is 12.1 Å². The number of rotatable bonds is 3. The zero-order chi connectivity index (χ0) is 17.6. The van der Waals surface area contributed by atoms with Crippen molar-refractivity contribution in [1.82, 2.24) is 4.98 Å². The molecule has 0 saturated carbocycles. The van der Waals surface area contributed by atoms with E-state index in [9.17, 15) is 0 Å². The summed E-state index contributed by atoms with van der Waals surface area (Å²) in [5, 5.41) is 0. The molecule has 0 aliphatic heterocycles. The van der Waals surface area contributed by atoms with Crippen LogP contribution in [0.2, 0.25) is 17.3 Å². The van der Waals surface area contributed by atoms with Crippen LogP contribution >= 0.6 is 0 Å². The summed E-state index contributed by atoms with van der Waals surface area (Å²) in [5.74, 6) is 6.12. The van der Waals surface area contributed by atoms with E-state index in [1.165, 1.54) is 4.40 Å². The molecular weight excluding hydrogens is 291 g/mol. The predicted octanol–water partition coefficient (Wildman–Crippen LogP) is 4.42. The molecule has 19 heavy (non-hydrogen) atoms. The van der Waals surface area contributed by atoms with Crippen molar-refractivity contribution < 1.29 is 5.48 Å². The van der Waals surface area contributed by atoms with Gasteiger partial charge in [0.25, 0.3) is 0 Å². The van der Waals surface area contributed by atoms with Crippen molar-refractivity contribution in [3.05, 3.63) is 48.1 Å². The Bertz CT molecular complexity index is 722. The van der Waals surface area contributed by atoms with E-state index < -0.39 is 19.2 Å². The first-order valence-electron chi connectivity index (χ1n) is 8.50. The Labute approximate surface area is 125 Å². The predicted molar refractivity (Wildman–Crippen MR) is 86.7 cm³/mol. The summed E-state index contributed by atoms with van der Waals surface area (Å²) in [6.07, 6.45) is 1.88. The molecule has 100 valence electrons. The number of aromatic nitrogens is 1. The molecule has 0 saturated heterocycles. The molecule has 0 fully saturated rings. The van der Waals surface area contributed by atoms with Gasteiger partial charge in [-0.25, -0.2) is 0 Å². The minimum absolute atomic E-state index is 0.0264. The molecule has 0 radical (unpaired) electrons. The van der Waals surface area contributed by atoms with E-state index in [-0.39, 0.29) is 18.1 Å². The summed E-state index contributed by atoms with van der Waals surface area (Å²) in [7, 11) is 0. The van der Waals surface area contributed by atoms with Gasteiger partial charge >= 0.3 is 124 Å². The Morgan fingerprint density at radius 1 is 1.16 bits per heavy atom. The Morgan fingerprint density at radius 3 is 2.32 bits per heavy atom. The molecule has 0 bridgehead atoms. The van der Waals surface area contributed by atoms with Gasteiger partial charge < -0.3 is 0 Å². The number of nitrogens with zero attached hydrogens (tertiary/aromatic N) is 1. The van der Waals surface area contributed by atoms with E-state index in [2.05, 4.69) is 22.3 Å². The van der Waals surface area contributed by atoms with Gasteiger partial charge in [0.15, 0.2) is 0 Å². The molecule has 0 spiro atoms. The molecule has 1 aromatic carbocycles. The van der Waals surface area contributed by atoms with Crippen LogP contribution in [0.3, 0.4) is 0 Å². The Morgan fingerprint density at radius 2 is 1.79 bits per heavy atom. The number of pyridine rings is 1. The molecular formula is C17H23GeN. The first kappa shape index (κ1) is 9.76. The molecule has 0 amide bonds. The fraction of sp³-hybridized carbons (Fsp3) is 0.353. The third kappa shape index (κ3) is 3.27. The van der Waals surface area contributed by atoms with Crippen LogP contribution in [-0.2, 0) is 0 Å². The van der Waals surface area contributed by atoms with Crippen molar-refractivity contribution in [3.63, 3.8) is 0 Å². The van der Waals surface area contributed by atoms with Crippen molar-refractivity contribution in [2.24, 2.45) is 0 Å². The van der Waals surface area contributed by atoms with Crippen molar-refractivity contribution in [1.29, 1.82) is 0 Å². The quantitative estimate of drug-likeness (QED) is 0.764. The third-order valence-electron chi connectivity index (χ3n) is 3.15. The van der Waals surface area contributed by atoms with Crippen LogP contribution < -0.4 is 4.40 Å².